The van der Waals surface area contributed by atoms with E-state index < -0.39 is 10.0 Å². The van der Waals surface area contributed by atoms with Crippen molar-refractivity contribution in [2.24, 2.45) is 0 Å². The molecule has 1 aliphatic rings. The average Bonchev–Trinajstić information content (AvgIpc) is 3.17. The molecule has 1 saturated heterocycles. The van der Waals surface area contributed by atoms with Crippen LogP contribution in [0.5, 0.6) is 0 Å². The number of nitrogens with one attached hydrogen (secondary N) is 1. The molecule has 0 unspecified atom stereocenters. The Balaban J connectivity index is 1.53. The van der Waals surface area contributed by atoms with Crippen LogP contribution in [-0.2, 0) is 10.0 Å². The van der Waals surface area contributed by atoms with Crippen molar-refractivity contribution in [1.29, 1.82) is 0 Å². The SMILES string of the molecule is Cc1noc2ccc(NC(=O)c3ccc(N4CCCS4(=O)=O)cc3)cc12. The molecule has 134 valence electrons. The molecule has 1 amide bonds. The summed E-state index contributed by atoms with van der Waals surface area (Å²) in [6.07, 6.45) is 0.620. The molecule has 0 saturated carbocycles. The first-order valence-electron chi connectivity index (χ1n) is 8.22. The Labute approximate surface area is 150 Å². The number of hydrogen-bond donors (Lipinski definition) is 1. The standard InChI is InChI=1S/C18H17N3O4S/c1-12-16-11-14(5-8-17(16)25-20-12)19-18(22)13-3-6-15(7-4-13)21-9-2-10-26(21,23)24/h3-8,11H,2,9-10H2,1H3,(H,19,22). The largest absolute Gasteiger partial charge is 0.356 e. The van der Waals surface area contributed by atoms with E-state index in [0.717, 1.165) is 11.1 Å². The zero-order valence-electron chi connectivity index (χ0n) is 14.1. The Morgan fingerprint density at radius 3 is 2.65 bits per heavy atom. The average molecular weight is 371 g/mol. The summed E-state index contributed by atoms with van der Waals surface area (Å²) in [6, 6.07) is 11.9. The summed E-state index contributed by atoms with van der Waals surface area (Å²) in [5, 5.41) is 7.57. The summed E-state index contributed by atoms with van der Waals surface area (Å²) in [5.41, 5.74) is 3.09. The van der Waals surface area contributed by atoms with E-state index in [4.69, 9.17) is 4.52 Å². The first-order valence-corrected chi connectivity index (χ1v) is 9.83. The van der Waals surface area contributed by atoms with Gasteiger partial charge in [0.1, 0.15) is 0 Å². The molecular formula is C18H17N3O4S. The number of benzene rings is 2. The highest BCUT2D eigenvalue weighted by atomic mass is 32.2. The van der Waals surface area contributed by atoms with E-state index in [2.05, 4.69) is 10.5 Å². The summed E-state index contributed by atoms with van der Waals surface area (Å²) in [6.45, 7) is 2.31. The number of amides is 1. The minimum Gasteiger partial charge on any atom is -0.356 e. The highest BCUT2D eigenvalue weighted by molar-refractivity contribution is 7.93. The lowest BCUT2D eigenvalue weighted by molar-refractivity contribution is 0.102. The van der Waals surface area contributed by atoms with Crippen LogP contribution in [0.3, 0.4) is 0 Å². The van der Waals surface area contributed by atoms with Crippen LogP contribution in [0.25, 0.3) is 11.0 Å². The Morgan fingerprint density at radius 2 is 1.96 bits per heavy atom. The second-order valence-corrected chi connectivity index (χ2v) is 8.23. The van der Waals surface area contributed by atoms with Crippen molar-refractivity contribution >= 4 is 38.3 Å². The Hall–Kier alpha value is -2.87. The number of nitrogens with zero attached hydrogens (tertiary/aromatic N) is 2. The van der Waals surface area contributed by atoms with Crippen LogP contribution in [0, 0.1) is 6.92 Å². The number of anilines is 2. The monoisotopic (exact) mass is 371 g/mol. The molecule has 4 rings (SSSR count). The molecular weight excluding hydrogens is 354 g/mol. The molecule has 0 atom stereocenters. The lowest BCUT2D eigenvalue weighted by Gasteiger charge is -2.17. The van der Waals surface area contributed by atoms with Gasteiger partial charge in [0.05, 0.1) is 17.1 Å². The van der Waals surface area contributed by atoms with Crippen LogP contribution in [0.4, 0.5) is 11.4 Å². The number of aryl methyl sites for hydroxylation is 1. The number of aromatic nitrogens is 1. The van der Waals surface area contributed by atoms with Gasteiger partial charge < -0.3 is 9.84 Å². The molecule has 1 aromatic heterocycles. The van der Waals surface area contributed by atoms with Crippen LogP contribution in [0.15, 0.2) is 47.0 Å². The van der Waals surface area contributed by atoms with E-state index in [-0.39, 0.29) is 11.7 Å². The minimum absolute atomic E-state index is 0.167. The van der Waals surface area contributed by atoms with Gasteiger partial charge in [-0.1, -0.05) is 5.16 Å². The second-order valence-electron chi connectivity index (χ2n) is 6.22. The third-order valence-electron chi connectivity index (χ3n) is 4.42. The van der Waals surface area contributed by atoms with Crippen molar-refractivity contribution in [1.82, 2.24) is 5.16 Å². The molecule has 26 heavy (non-hydrogen) atoms. The predicted molar refractivity (Wildman–Crippen MR) is 98.9 cm³/mol. The number of fused-ring (bicyclic) bond motifs is 1. The maximum Gasteiger partial charge on any atom is 0.255 e. The minimum atomic E-state index is -3.22. The number of sulfonamides is 1. The molecule has 0 spiro atoms. The first kappa shape index (κ1) is 16.6. The summed E-state index contributed by atoms with van der Waals surface area (Å²) < 4.78 is 30.5. The fourth-order valence-corrected chi connectivity index (χ4v) is 4.61. The van der Waals surface area contributed by atoms with Crippen LogP contribution in [-0.4, -0.2) is 31.8 Å². The highest BCUT2D eigenvalue weighted by Crippen LogP contribution is 2.25. The zero-order chi connectivity index (χ0) is 18.3. The number of carbonyl (C=O) groups is 1. The fraction of sp³-hybridized carbons (Fsp3) is 0.222. The van der Waals surface area contributed by atoms with Crippen molar-refractivity contribution < 1.29 is 17.7 Å². The lowest BCUT2D eigenvalue weighted by atomic mass is 10.1. The highest BCUT2D eigenvalue weighted by Gasteiger charge is 2.28. The van der Waals surface area contributed by atoms with Gasteiger partial charge in [0.2, 0.25) is 10.0 Å². The van der Waals surface area contributed by atoms with Gasteiger partial charge in [-0.15, -0.1) is 0 Å². The quantitative estimate of drug-likeness (QED) is 0.764. The van der Waals surface area contributed by atoms with E-state index in [0.29, 0.717) is 35.5 Å². The van der Waals surface area contributed by atoms with E-state index in [9.17, 15) is 13.2 Å². The molecule has 3 aromatic rings. The van der Waals surface area contributed by atoms with Gasteiger partial charge >= 0.3 is 0 Å². The number of carbonyl (C=O) groups excluding carboxylic acids is 1. The summed E-state index contributed by atoms with van der Waals surface area (Å²) in [4.78, 5) is 12.5. The van der Waals surface area contributed by atoms with Gasteiger partial charge in [0.25, 0.3) is 5.91 Å². The van der Waals surface area contributed by atoms with Crippen molar-refractivity contribution in [2.75, 3.05) is 21.9 Å². The normalized spacial score (nSPS) is 16.1. The Bertz CT molecular complexity index is 1090. The molecule has 1 N–H and O–H groups in total. The molecule has 0 radical (unpaired) electrons. The van der Waals surface area contributed by atoms with Gasteiger partial charge in [-0.2, -0.15) is 0 Å². The number of hydrogen-bond acceptors (Lipinski definition) is 5. The van der Waals surface area contributed by atoms with E-state index in [1.54, 1.807) is 36.4 Å². The molecule has 2 heterocycles. The number of rotatable bonds is 3. The fourth-order valence-electron chi connectivity index (χ4n) is 3.05. The van der Waals surface area contributed by atoms with E-state index in [1.165, 1.54) is 4.31 Å². The second kappa shape index (κ2) is 6.14. The maximum atomic E-state index is 12.5. The third-order valence-corrected chi connectivity index (χ3v) is 6.29. The third kappa shape index (κ3) is 2.92. The lowest BCUT2D eigenvalue weighted by Crippen LogP contribution is -2.25. The van der Waals surface area contributed by atoms with Crippen LogP contribution in [0.2, 0.25) is 0 Å². The van der Waals surface area contributed by atoms with Gasteiger partial charge in [-0.3, -0.25) is 9.10 Å². The molecule has 0 aliphatic carbocycles. The Kier molecular flexibility index (Phi) is 3.91. The van der Waals surface area contributed by atoms with E-state index >= 15 is 0 Å². The predicted octanol–water partition coefficient (Wildman–Crippen LogP) is 2.93. The van der Waals surface area contributed by atoms with Crippen LogP contribution in [0.1, 0.15) is 22.5 Å². The van der Waals surface area contributed by atoms with Gasteiger partial charge in [0.15, 0.2) is 5.58 Å². The van der Waals surface area contributed by atoms with Crippen LogP contribution >= 0.6 is 0 Å². The molecule has 2 aromatic carbocycles. The van der Waals surface area contributed by atoms with Gasteiger partial charge in [0, 0.05) is 23.2 Å². The van der Waals surface area contributed by atoms with Crippen molar-refractivity contribution in [2.45, 2.75) is 13.3 Å². The summed E-state index contributed by atoms with van der Waals surface area (Å²) in [5.74, 6) is -0.103. The first-order chi connectivity index (χ1) is 12.4. The van der Waals surface area contributed by atoms with Crippen LogP contribution < -0.4 is 9.62 Å². The van der Waals surface area contributed by atoms with E-state index in [1.807, 2.05) is 13.0 Å². The summed E-state index contributed by atoms with van der Waals surface area (Å²) >= 11 is 0. The summed E-state index contributed by atoms with van der Waals surface area (Å²) in [7, 11) is -3.22. The molecule has 1 fully saturated rings. The molecule has 0 bridgehead atoms. The topological polar surface area (TPSA) is 92.5 Å². The van der Waals surface area contributed by atoms with Crippen molar-refractivity contribution in [3.63, 3.8) is 0 Å². The van der Waals surface area contributed by atoms with Gasteiger partial charge in [-0.05, 0) is 55.8 Å². The smallest absolute Gasteiger partial charge is 0.255 e. The van der Waals surface area contributed by atoms with Crippen molar-refractivity contribution in [3.8, 4) is 0 Å². The zero-order valence-corrected chi connectivity index (χ0v) is 14.9. The maximum absolute atomic E-state index is 12.5. The molecule has 7 nitrogen and oxygen atoms in total. The molecule has 1 aliphatic heterocycles. The molecule has 8 heteroatoms. The van der Waals surface area contributed by atoms with Gasteiger partial charge in [-0.25, -0.2) is 8.42 Å². The van der Waals surface area contributed by atoms with Crippen molar-refractivity contribution in [3.05, 3.63) is 53.7 Å². The Morgan fingerprint density at radius 1 is 1.19 bits per heavy atom.